The van der Waals surface area contributed by atoms with Crippen LogP contribution in [0.3, 0.4) is 0 Å². The van der Waals surface area contributed by atoms with Gasteiger partial charge in [0.1, 0.15) is 0 Å². The first-order valence-corrected chi connectivity index (χ1v) is 7.29. The number of likely N-dealkylation sites (N-methyl/N-ethyl adjacent to an activating group) is 1. The Bertz CT molecular complexity index is 654. The fourth-order valence-electron chi connectivity index (χ4n) is 2.20. The van der Waals surface area contributed by atoms with Crippen molar-refractivity contribution in [2.75, 3.05) is 26.0 Å². The van der Waals surface area contributed by atoms with Gasteiger partial charge in [-0.05, 0) is 36.9 Å². The van der Waals surface area contributed by atoms with Gasteiger partial charge in [0.05, 0.1) is 19.2 Å². The number of amides is 1. The smallest absolute Gasteiger partial charge is 0.337 e. The molecule has 1 amide bonds. The van der Waals surface area contributed by atoms with Crippen molar-refractivity contribution < 1.29 is 14.3 Å². The summed E-state index contributed by atoms with van der Waals surface area (Å²) in [6.07, 6.45) is 0. The summed E-state index contributed by atoms with van der Waals surface area (Å²) in [4.78, 5) is 25.3. The normalized spacial score (nSPS) is 10.4. The number of nitrogens with one attached hydrogen (secondary N) is 1. The van der Waals surface area contributed by atoms with Crippen molar-refractivity contribution in [2.45, 2.75) is 6.54 Å². The van der Waals surface area contributed by atoms with Gasteiger partial charge in [-0.15, -0.1) is 0 Å². The van der Waals surface area contributed by atoms with E-state index in [1.54, 1.807) is 12.1 Å². The van der Waals surface area contributed by atoms with Crippen LogP contribution in [0.15, 0.2) is 54.6 Å². The topological polar surface area (TPSA) is 58.6 Å². The number of ether oxygens (including phenoxy) is 1. The number of anilines is 1. The zero-order valence-electron chi connectivity index (χ0n) is 13.3. The molecule has 0 aliphatic heterocycles. The molecule has 0 bridgehead atoms. The first-order valence-electron chi connectivity index (χ1n) is 7.29. The van der Waals surface area contributed by atoms with Gasteiger partial charge in [-0.2, -0.15) is 0 Å². The van der Waals surface area contributed by atoms with E-state index in [-0.39, 0.29) is 18.4 Å². The van der Waals surface area contributed by atoms with E-state index in [9.17, 15) is 9.59 Å². The van der Waals surface area contributed by atoms with Gasteiger partial charge < -0.3 is 10.1 Å². The SMILES string of the molecule is COC(=O)c1ccc(CN(C)CC(=O)Nc2ccccc2)cc1. The molecule has 2 rings (SSSR count). The highest BCUT2D eigenvalue weighted by molar-refractivity contribution is 5.92. The molecule has 0 spiro atoms. The fourth-order valence-corrected chi connectivity index (χ4v) is 2.20. The summed E-state index contributed by atoms with van der Waals surface area (Å²) >= 11 is 0. The van der Waals surface area contributed by atoms with Gasteiger partial charge in [-0.3, -0.25) is 9.69 Å². The number of benzene rings is 2. The van der Waals surface area contributed by atoms with Crippen LogP contribution in [0.2, 0.25) is 0 Å². The molecule has 5 heteroatoms. The molecule has 0 aromatic heterocycles. The summed E-state index contributed by atoms with van der Waals surface area (Å²) in [5.41, 5.74) is 2.32. The average molecular weight is 312 g/mol. The third kappa shape index (κ3) is 5.23. The van der Waals surface area contributed by atoms with E-state index in [0.717, 1.165) is 11.3 Å². The minimum Gasteiger partial charge on any atom is -0.465 e. The summed E-state index contributed by atoms with van der Waals surface area (Å²) in [5, 5.41) is 2.85. The molecule has 0 aliphatic rings. The van der Waals surface area contributed by atoms with Crippen molar-refractivity contribution in [3.05, 3.63) is 65.7 Å². The Morgan fingerprint density at radius 2 is 1.70 bits per heavy atom. The molecular formula is C18H20N2O3. The van der Waals surface area contributed by atoms with Gasteiger partial charge in [0, 0.05) is 12.2 Å². The lowest BCUT2D eigenvalue weighted by Crippen LogP contribution is -2.29. The van der Waals surface area contributed by atoms with E-state index in [2.05, 4.69) is 10.1 Å². The molecule has 2 aromatic carbocycles. The predicted molar refractivity (Wildman–Crippen MR) is 89.2 cm³/mol. The van der Waals surface area contributed by atoms with Crippen molar-refractivity contribution in [3.63, 3.8) is 0 Å². The van der Waals surface area contributed by atoms with Crippen molar-refractivity contribution in [1.82, 2.24) is 4.90 Å². The second kappa shape index (κ2) is 8.10. The number of hydrogen-bond donors (Lipinski definition) is 1. The Morgan fingerprint density at radius 1 is 1.04 bits per heavy atom. The number of hydrogen-bond acceptors (Lipinski definition) is 4. The maximum Gasteiger partial charge on any atom is 0.337 e. The number of methoxy groups -OCH3 is 1. The van der Waals surface area contributed by atoms with E-state index in [4.69, 9.17) is 0 Å². The molecule has 0 unspecified atom stereocenters. The number of carbonyl (C=O) groups excluding carboxylic acids is 2. The van der Waals surface area contributed by atoms with Crippen LogP contribution in [0, 0.1) is 0 Å². The van der Waals surface area contributed by atoms with Crippen LogP contribution in [-0.4, -0.2) is 37.5 Å². The molecule has 23 heavy (non-hydrogen) atoms. The summed E-state index contributed by atoms with van der Waals surface area (Å²) in [5.74, 6) is -0.419. The van der Waals surface area contributed by atoms with Crippen molar-refractivity contribution in [1.29, 1.82) is 0 Å². The van der Waals surface area contributed by atoms with Crippen LogP contribution < -0.4 is 5.32 Å². The molecular weight excluding hydrogens is 292 g/mol. The number of esters is 1. The van der Waals surface area contributed by atoms with E-state index in [0.29, 0.717) is 12.1 Å². The van der Waals surface area contributed by atoms with Crippen LogP contribution in [0.5, 0.6) is 0 Å². The van der Waals surface area contributed by atoms with Crippen molar-refractivity contribution >= 4 is 17.6 Å². The first-order chi connectivity index (χ1) is 11.1. The van der Waals surface area contributed by atoms with Gasteiger partial charge in [0.25, 0.3) is 0 Å². The molecule has 2 aromatic rings. The summed E-state index contributed by atoms with van der Waals surface area (Å²) < 4.78 is 4.66. The number of carbonyl (C=O) groups is 2. The molecule has 1 N–H and O–H groups in total. The second-order valence-electron chi connectivity index (χ2n) is 5.27. The van der Waals surface area contributed by atoms with Gasteiger partial charge in [-0.1, -0.05) is 30.3 Å². The Labute approximate surface area is 135 Å². The van der Waals surface area contributed by atoms with E-state index < -0.39 is 0 Å². The molecule has 120 valence electrons. The fraction of sp³-hybridized carbons (Fsp3) is 0.222. The molecule has 0 saturated carbocycles. The third-order valence-corrected chi connectivity index (χ3v) is 3.30. The zero-order valence-corrected chi connectivity index (χ0v) is 13.3. The first kappa shape index (κ1) is 16.7. The number of nitrogens with zero attached hydrogens (tertiary/aromatic N) is 1. The Balaban J connectivity index is 1.85. The molecule has 0 atom stereocenters. The summed E-state index contributed by atoms with van der Waals surface area (Å²) in [6, 6.07) is 16.5. The van der Waals surface area contributed by atoms with Gasteiger partial charge >= 0.3 is 5.97 Å². The molecule has 0 aliphatic carbocycles. The zero-order chi connectivity index (χ0) is 16.7. The Kier molecular flexibility index (Phi) is 5.88. The van der Waals surface area contributed by atoms with Crippen LogP contribution in [0.25, 0.3) is 0 Å². The molecule has 0 radical (unpaired) electrons. The van der Waals surface area contributed by atoms with Crippen LogP contribution in [-0.2, 0) is 16.1 Å². The monoisotopic (exact) mass is 312 g/mol. The van der Waals surface area contributed by atoms with E-state index in [1.165, 1.54) is 7.11 Å². The highest BCUT2D eigenvalue weighted by atomic mass is 16.5. The van der Waals surface area contributed by atoms with Crippen molar-refractivity contribution in [2.24, 2.45) is 0 Å². The number of para-hydroxylation sites is 1. The minimum absolute atomic E-state index is 0.0649. The molecule has 0 heterocycles. The maximum atomic E-state index is 12.0. The highest BCUT2D eigenvalue weighted by Gasteiger charge is 2.09. The van der Waals surface area contributed by atoms with E-state index in [1.807, 2.05) is 54.4 Å². The second-order valence-corrected chi connectivity index (χ2v) is 5.27. The maximum absolute atomic E-state index is 12.0. The molecule has 0 saturated heterocycles. The molecule has 5 nitrogen and oxygen atoms in total. The largest absolute Gasteiger partial charge is 0.465 e. The van der Waals surface area contributed by atoms with Crippen LogP contribution in [0.1, 0.15) is 15.9 Å². The summed E-state index contributed by atoms with van der Waals surface area (Å²) in [7, 11) is 3.23. The summed E-state index contributed by atoms with van der Waals surface area (Å²) in [6.45, 7) is 0.900. The van der Waals surface area contributed by atoms with Gasteiger partial charge in [0.15, 0.2) is 0 Å². The predicted octanol–water partition coefficient (Wildman–Crippen LogP) is 2.54. The van der Waals surface area contributed by atoms with E-state index >= 15 is 0 Å². The Morgan fingerprint density at radius 3 is 2.30 bits per heavy atom. The van der Waals surface area contributed by atoms with Crippen LogP contribution >= 0.6 is 0 Å². The van der Waals surface area contributed by atoms with Crippen LogP contribution in [0.4, 0.5) is 5.69 Å². The third-order valence-electron chi connectivity index (χ3n) is 3.30. The lowest BCUT2D eigenvalue weighted by Gasteiger charge is -2.16. The molecule has 0 fully saturated rings. The standard InChI is InChI=1S/C18H20N2O3/c1-20(13-17(21)19-16-6-4-3-5-7-16)12-14-8-10-15(11-9-14)18(22)23-2/h3-11H,12-13H2,1-2H3,(H,19,21). The highest BCUT2D eigenvalue weighted by Crippen LogP contribution is 2.09. The number of rotatable bonds is 6. The van der Waals surface area contributed by atoms with Gasteiger partial charge in [0.2, 0.25) is 5.91 Å². The minimum atomic E-state index is -0.354. The lowest BCUT2D eigenvalue weighted by molar-refractivity contribution is -0.117. The quantitative estimate of drug-likeness (QED) is 0.833. The lowest BCUT2D eigenvalue weighted by atomic mass is 10.1. The Hall–Kier alpha value is -2.66. The van der Waals surface area contributed by atoms with Gasteiger partial charge in [-0.25, -0.2) is 4.79 Å². The average Bonchev–Trinajstić information content (AvgIpc) is 2.55. The van der Waals surface area contributed by atoms with Crippen molar-refractivity contribution in [3.8, 4) is 0 Å².